The minimum absolute atomic E-state index is 0.737. The first kappa shape index (κ1) is 9.99. The molecule has 0 amide bonds. The number of hydrogen-bond donors (Lipinski definition) is 1. The molecule has 2 N–H and O–H groups in total. The van der Waals surface area contributed by atoms with Gasteiger partial charge in [-0.05, 0) is 72.2 Å². The van der Waals surface area contributed by atoms with E-state index in [1.54, 1.807) is 0 Å². The van der Waals surface area contributed by atoms with Crippen LogP contribution in [0.4, 0.5) is 0 Å². The molecule has 0 aliphatic rings. The Kier molecular flexibility index (Phi) is 3.53. The van der Waals surface area contributed by atoms with Crippen molar-refractivity contribution in [3.8, 4) is 0 Å². The number of hydrogen-bond acceptors (Lipinski definition) is 1. The summed E-state index contributed by atoms with van der Waals surface area (Å²) in [6, 6.07) is 4.46. The minimum Gasteiger partial charge on any atom is -0.330 e. The van der Waals surface area contributed by atoms with Crippen molar-refractivity contribution in [3.63, 3.8) is 0 Å². The molecule has 1 aromatic rings. The normalized spacial score (nSPS) is 10.3. The van der Waals surface area contributed by atoms with Crippen molar-refractivity contribution in [2.45, 2.75) is 20.3 Å². The zero-order chi connectivity index (χ0) is 9.14. The first-order chi connectivity index (χ1) is 5.65. The molecule has 66 valence electrons. The molecule has 0 radical (unpaired) electrons. The molecule has 0 fully saturated rings. The van der Waals surface area contributed by atoms with E-state index in [1.165, 1.54) is 20.3 Å². The van der Waals surface area contributed by atoms with E-state index >= 15 is 0 Å². The quantitative estimate of drug-likeness (QED) is 0.824. The van der Waals surface area contributed by atoms with Crippen LogP contribution in [0.25, 0.3) is 0 Å². The Morgan fingerprint density at radius 2 is 1.92 bits per heavy atom. The molecule has 0 spiro atoms. The molecular formula is C10H14IN. The third-order valence-corrected chi connectivity index (χ3v) is 3.19. The number of aryl methyl sites for hydroxylation is 2. The van der Waals surface area contributed by atoms with E-state index in [1.807, 2.05) is 0 Å². The summed E-state index contributed by atoms with van der Waals surface area (Å²) in [7, 11) is 0. The lowest BCUT2D eigenvalue weighted by molar-refractivity contribution is 0.954. The maximum atomic E-state index is 5.52. The molecular weight excluding hydrogens is 261 g/mol. The smallest absolute Gasteiger partial charge is 0.0162 e. The van der Waals surface area contributed by atoms with E-state index in [4.69, 9.17) is 5.73 Å². The van der Waals surface area contributed by atoms with E-state index in [0.29, 0.717) is 0 Å². The fourth-order valence-corrected chi connectivity index (χ4v) is 1.89. The van der Waals surface area contributed by atoms with Crippen LogP contribution in [0.5, 0.6) is 0 Å². The van der Waals surface area contributed by atoms with E-state index in [0.717, 1.165) is 13.0 Å². The molecule has 0 aliphatic heterocycles. The molecule has 1 nitrogen and oxygen atoms in total. The van der Waals surface area contributed by atoms with Gasteiger partial charge in [0.05, 0.1) is 0 Å². The first-order valence-electron chi connectivity index (χ1n) is 4.11. The van der Waals surface area contributed by atoms with Crippen LogP contribution in [0.2, 0.25) is 0 Å². The SMILES string of the molecule is Cc1cc(CCN)c(C)cc1I. The highest BCUT2D eigenvalue weighted by atomic mass is 127. The van der Waals surface area contributed by atoms with Gasteiger partial charge in [-0.1, -0.05) is 6.07 Å². The second-order valence-corrected chi connectivity index (χ2v) is 4.23. The fraction of sp³-hybridized carbons (Fsp3) is 0.400. The molecule has 0 unspecified atom stereocenters. The molecule has 1 aromatic carbocycles. The maximum absolute atomic E-state index is 5.52. The van der Waals surface area contributed by atoms with Crippen molar-refractivity contribution < 1.29 is 0 Å². The van der Waals surface area contributed by atoms with Crippen LogP contribution < -0.4 is 5.73 Å². The lowest BCUT2D eigenvalue weighted by Crippen LogP contribution is -2.04. The van der Waals surface area contributed by atoms with Gasteiger partial charge < -0.3 is 5.73 Å². The Morgan fingerprint density at radius 1 is 1.25 bits per heavy atom. The molecule has 2 heteroatoms. The molecule has 12 heavy (non-hydrogen) atoms. The average molecular weight is 275 g/mol. The fourth-order valence-electron chi connectivity index (χ4n) is 1.27. The van der Waals surface area contributed by atoms with Crippen molar-refractivity contribution in [2.75, 3.05) is 6.54 Å². The summed E-state index contributed by atoms with van der Waals surface area (Å²) >= 11 is 2.36. The van der Waals surface area contributed by atoms with Crippen LogP contribution >= 0.6 is 22.6 Å². The second kappa shape index (κ2) is 4.23. The summed E-state index contributed by atoms with van der Waals surface area (Å²) in [5.74, 6) is 0. The van der Waals surface area contributed by atoms with Crippen molar-refractivity contribution in [1.82, 2.24) is 0 Å². The van der Waals surface area contributed by atoms with Gasteiger partial charge in [0.2, 0.25) is 0 Å². The van der Waals surface area contributed by atoms with Crippen LogP contribution in [0.1, 0.15) is 16.7 Å². The topological polar surface area (TPSA) is 26.0 Å². The highest BCUT2D eigenvalue weighted by Gasteiger charge is 2.00. The van der Waals surface area contributed by atoms with E-state index in [-0.39, 0.29) is 0 Å². The molecule has 0 heterocycles. The Labute approximate surface area is 87.5 Å². The first-order valence-corrected chi connectivity index (χ1v) is 5.18. The maximum Gasteiger partial charge on any atom is 0.0162 e. The van der Waals surface area contributed by atoms with Gasteiger partial charge in [-0.15, -0.1) is 0 Å². The highest BCUT2D eigenvalue weighted by molar-refractivity contribution is 14.1. The van der Waals surface area contributed by atoms with Crippen molar-refractivity contribution in [3.05, 3.63) is 32.4 Å². The third kappa shape index (κ3) is 2.20. The van der Waals surface area contributed by atoms with Crippen molar-refractivity contribution >= 4 is 22.6 Å². The van der Waals surface area contributed by atoms with Gasteiger partial charge in [0.1, 0.15) is 0 Å². The molecule has 0 atom stereocenters. The molecule has 0 bridgehead atoms. The Hall–Kier alpha value is -0.0900. The van der Waals surface area contributed by atoms with Crippen LogP contribution in [-0.2, 0) is 6.42 Å². The van der Waals surface area contributed by atoms with Gasteiger partial charge in [-0.3, -0.25) is 0 Å². The molecule has 0 aliphatic carbocycles. The lowest BCUT2D eigenvalue weighted by atomic mass is 10.0. The number of nitrogens with two attached hydrogens (primary N) is 1. The zero-order valence-corrected chi connectivity index (χ0v) is 9.68. The highest BCUT2D eigenvalue weighted by Crippen LogP contribution is 2.17. The summed E-state index contributed by atoms with van der Waals surface area (Å²) in [5.41, 5.74) is 9.61. The van der Waals surface area contributed by atoms with Crippen LogP contribution in [-0.4, -0.2) is 6.54 Å². The minimum atomic E-state index is 0.737. The van der Waals surface area contributed by atoms with Crippen LogP contribution in [0, 0.1) is 17.4 Å². The van der Waals surface area contributed by atoms with Gasteiger partial charge in [0.25, 0.3) is 0 Å². The molecule has 0 saturated carbocycles. The predicted molar refractivity (Wildman–Crippen MR) is 61.4 cm³/mol. The second-order valence-electron chi connectivity index (χ2n) is 3.07. The van der Waals surface area contributed by atoms with Crippen molar-refractivity contribution in [2.24, 2.45) is 5.73 Å². The van der Waals surface area contributed by atoms with Gasteiger partial charge in [-0.2, -0.15) is 0 Å². The largest absolute Gasteiger partial charge is 0.330 e. The van der Waals surface area contributed by atoms with Crippen LogP contribution in [0.15, 0.2) is 12.1 Å². The molecule has 0 saturated heterocycles. The summed E-state index contributed by atoms with van der Waals surface area (Å²) in [4.78, 5) is 0. The third-order valence-electron chi connectivity index (χ3n) is 2.03. The number of benzene rings is 1. The van der Waals surface area contributed by atoms with Crippen molar-refractivity contribution in [1.29, 1.82) is 0 Å². The Bertz CT molecular complexity index is 281. The Morgan fingerprint density at radius 3 is 2.50 bits per heavy atom. The summed E-state index contributed by atoms with van der Waals surface area (Å²) in [5, 5.41) is 0. The van der Waals surface area contributed by atoms with Gasteiger partial charge in [-0.25, -0.2) is 0 Å². The zero-order valence-electron chi connectivity index (χ0n) is 7.52. The van der Waals surface area contributed by atoms with E-state index in [9.17, 15) is 0 Å². The standard InChI is InChI=1S/C10H14IN/c1-7-6-10(11)8(2)5-9(7)3-4-12/h5-6H,3-4,12H2,1-2H3. The van der Waals surface area contributed by atoms with Gasteiger partial charge in [0, 0.05) is 3.57 Å². The average Bonchev–Trinajstić information content (AvgIpc) is 2.01. The van der Waals surface area contributed by atoms with E-state index < -0.39 is 0 Å². The number of rotatable bonds is 2. The van der Waals surface area contributed by atoms with Crippen LogP contribution in [0.3, 0.4) is 0 Å². The Balaban J connectivity index is 3.05. The summed E-state index contributed by atoms with van der Waals surface area (Å²) in [6.07, 6.45) is 0.990. The van der Waals surface area contributed by atoms with Gasteiger partial charge in [0.15, 0.2) is 0 Å². The monoisotopic (exact) mass is 275 g/mol. The number of halogens is 1. The van der Waals surface area contributed by atoms with Gasteiger partial charge >= 0.3 is 0 Å². The predicted octanol–water partition coefficient (Wildman–Crippen LogP) is 2.41. The summed E-state index contributed by atoms with van der Waals surface area (Å²) < 4.78 is 1.34. The lowest BCUT2D eigenvalue weighted by Gasteiger charge is -2.07. The summed E-state index contributed by atoms with van der Waals surface area (Å²) in [6.45, 7) is 5.02. The van der Waals surface area contributed by atoms with E-state index in [2.05, 4.69) is 48.6 Å². The molecule has 0 aromatic heterocycles. The molecule has 1 rings (SSSR count).